The first-order chi connectivity index (χ1) is 8.98. The van der Waals surface area contributed by atoms with Crippen LogP contribution in [0.25, 0.3) is 0 Å². The highest BCUT2D eigenvalue weighted by molar-refractivity contribution is 7.89. The lowest BCUT2D eigenvalue weighted by molar-refractivity contribution is -0.387. The Kier molecular flexibility index (Phi) is 3.83. The molecular weight excluding hydrogens is 272 g/mol. The number of nitro groups is 1. The molecule has 0 aromatic heterocycles. The molecule has 0 bridgehead atoms. The third-order valence-electron chi connectivity index (χ3n) is 2.92. The first kappa shape index (κ1) is 13.9. The van der Waals surface area contributed by atoms with Gasteiger partial charge in [0.05, 0.1) is 11.5 Å². The maximum Gasteiger partial charge on any atom is 0.289 e. The molecule has 0 radical (unpaired) electrons. The monoisotopic (exact) mass is 286 g/mol. The molecule has 7 nitrogen and oxygen atoms in total. The van der Waals surface area contributed by atoms with E-state index >= 15 is 0 Å². The zero-order valence-corrected chi connectivity index (χ0v) is 10.9. The van der Waals surface area contributed by atoms with Crippen LogP contribution in [0, 0.1) is 10.1 Å². The second-order valence-electron chi connectivity index (χ2n) is 4.30. The Labute approximate surface area is 110 Å². The number of hydrogen-bond acceptors (Lipinski definition) is 5. The Bertz CT molecular complexity index is 583. The van der Waals surface area contributed by atoms with Gasteiger partial charge in [-0.1, -0.05) is 12.1 Å². The van der Waals surface area contributed by atoms with Crippen molar-refractivity contribution < 1.29 is 18.4 Å². The maximum absolute atomic E-state index is 12.4. The summed E-state index contributed by atoms with van der Waals surface area (Å²) in [6.45, 7) is -0.352. The molecule has 8 heteroatoms. The predicted molar refractivity (Wildman–Crippen MR) is 67.1 cm³/mol. The number of para-hydroxylation sites is 1. The summed E-state index contributed by atoms with van der Waals surface area (Å²) < 4.78 is 26.0. The summed E-state index contributed by atoms with van der Waals surface area (Å²) in [5.41, 5.74) is -0.439. The fourth-order valence-electron chi connectivity index (χ4n) is 1.91. The molecule has 1 fully saturated rings. The van der Waals surface area contributed by atoms with Crippen LogP contribution in [0.4, 0.5) is 5.69 Å². The maximum atomic E-state index is 12.4. The van der Waals surface area contributed by atoms with Crippen LogP contribution in [-0.4, -0.2) is 41.9 Å². The average molecular weight is 286 g/mol. The van der Waals surface area contributed by atoms with E-state index in [1.165, 1.54) is 18.2 Å². The van der Waals surface area contributed by atoms with Crippen molar-refractivity contribution in [2.75, 3.05) is 13.2 Å². The predicted octanol–water partition coefficient (Wildman–Crippen LogP) is 0.740. The van der Waals surface area contributed by atoms with Crippen LogP contribution in [0.2, 0.25) is 0 Å². The molecule has 1 N–H and O–H groups in total. The van der Waals surface area contributed by atoms with Crippen molar-refractivity contribution in [2.24, 2.45) is 0 Å². The van der Waals surface area contributed by atoms with Gasteiger partial charge in [0, 0.05) is 18.7 Å². The van der Waals surface area contributed by atoms with Gasteiger partial charge in [-0.3, -0.25) is 10.1 Å². The second-order valence-corrected chi connectivity index (χ2v) is 6.15. The minimum atomic E-state index is -3.94. The molecule has 19 heavy (non-hydrogen) atoms. The van der Waals surface area contributed by atoms with Crippen LogP contribution in [0.3, 0.4) is 0 Å². The smallest absolute Gasteiger partial charge is 0.289 e. The van der Waals surface area contributed by atoms with Gasteiger partial charge in [-0.25, -0.2) is 8.42 Å². The van der Waals surface area contributed by atoms with Crippen molar-refractivity contribution in [3.8, 4) is 0 Å². The molecule has 1 saturated carbocycles. The fraction of sp³-hybridized carbons (Fsp3) is 0.455. The van der Waals surface area contributed by atoms with Crippen molar-refractivity contribution in [1.29, 1.82) is 0 Å². The first-order valence-corrected chi connectivity index (χ1v) is 7.28. The van der Waals surface area contributed by atoms with Crippen molar-refractivity contribution in [2.45, 2.75) is 23.8 Å². The van der Waals surface area contributed by atoms with Gasteiger partial charge in [0.1, 0.15) is 0 Å². The molecule has 0 aliphatic heterocycles. The topological polar surface area (TPSA) is 101 Å². The number of benzene rings is 1. The van der Waals surface area contributed by atoms with Crippen LogP contribution in [-0.2, 0) is 10.0 Å². The molecule has 104 valence electrons. The zero-order chi connectivity index (χ0) is 14.0. The van der Waals surface area contributed by atoms with E-state index in [-0.39, 0.29) is 24.1 Å². The normalized spacial score (nSPS) is 15.7. The number of hydrogen-bond donors (Lipinski definition) is 1. The molecule has 1 aliphatic rings. The minimum Gasteiger partial charge on any atom is -0.395 e. The summed E-state index contributed by atoms with van der Waals surface area (Å²) in [6, 6.07) is 5.10. The van der Waals surface area contributed by atoms with Gasteiger partial charge >= 0.3 is 0 Å². The van der Waals surface area contributed by atoms with Crippen LogP contribution in [0.5, 0.6) is 0 Å². The number of rotatable bonds is 6. The Morgan fingerprint density at radius 1 is 1.37 bits per heavy atom. The largest absolute Gasteiger partial charge is 0.395 e. The van der Waals surface area contributed by atoms with E-state index < -0.39 is 20.6 Å². The number of aliphatic hydroxyl groups excluding tert-OH is 1. The molecule has 1 aromatic rings. The standard InChI is InChI=1S/C11H14N2O5S/c14-8-7-12(9-5-6-9)19(17,18)11-4-2-1-3-10(11)13(15)16/h1-4,9,14H,5-8H2. The molecule has 0 spiro atoms. The molecule has 1 aromatic carbocycles. The molecule has 0 amide bonds. The molecule has 0 unspecified atom stereocenters. The van der Waals surface area contributed by atoms with E-state index in [4.69, 9.17) is 5.11 Å². The summed E-state index contributed by atoms with van der Waals surface area (Å²) in [4.78, 5) is 9.88. The average Bonchev–Trinajstić information content (AvgIpc) is 3.20. The summed E-state index contributed by atoms with van der Waals surface area (Å²) >= 11 is 0. The van der Waals surface area contributed by atoms with E-state index in [2.05, 4.69) is 0 Å². The van der Waals surface area contributed by atoms with Gasteiger partial charge in [-0.15, -0.1) is 0 Å². The van der Waals surface area contributed by atoms with Crippen molar-refractivity contribution in [1.82, 2.24) is 4.31 Å². The summed E-state index contributed by atoms with van der Waals surface area (Å²) in [7, 11) is -3.94. The second kappa shape index (κ2) is 5.24. The molecule has 1 aliphatic carbocycles. The Morgan fingerprint density at radius 2 is 2.00 bits per heavy atom. The molecule has 0 saturated heterocycles. The van der Waals surface area contributed by atoms with Crippen molar-refractivity contribution in [3.63, 3.8) is 0 Å². The summed E-state index contributed by atoms with van der Waals surface area (Å²) in [5, 5.41) is 19.9. The lowest BCUT2D eigenvalue weighted by Crippen LogP contribution is -2.35. The lowest BCUT2D eigenvalue weighted by atomic mass is 10.3. The number of sulfonamides is 1. The lowest BCUT2D eigenvalue weighted by Gasteiger charge is -2.20. The highest BCUT2D eigenvalue weighted by Gasteiger charge is 2.40. The highest BCUT2D eigenvalue weighted by atomic mass is 32.2. The van der Waals surface area contributed by atoms with E-state index in [0.29, 0.717) is 0 Å². The van der Waals surface area contributed by atoms with Crippen LogP contribution < -0.4 is 0 Å². The van der Waals surface area contributed by atoms with E-state index in [1.807, 2.05) is 0 Å². The number of nitrogens with zero attached hydrogens (tertiary/aromatic N) is 2. The third kappa shape index (κ3) is 2.75. The quantitative estimate of drug-likeness (QED) is 0.614. The van der Waals surface area contributed by atoms with Crippen LogP contribution in [0.1, 0.15) is 12.8 Å². The Balaban J connectivity index is 2.46. The van der Waals surface area contributed by atoms with Gasteiger partial charge < -0.3 is 5.11 Å². The molecule has 0 atom stereocenters. The minimum absolute atomic E-state index is 0.0426. The van der Waals surface area contributed by atoms with Gasteiger partial charge in [-0.2, -0.15) is 4.31 Å². The van der Waals surface area contributed by atoms with E-state index in [0.717, 1.165) is 23.2 Å². The zero-order valence-electron chi connectivity index (χ0n) is 10.1. The van der Waals surface area contributed by atoms with Gasteiger partial charge in [-0.05, 0) is 18.9 Å². The van der Waals surface area contributed by atoms with E-state index in [1.54, 1.807) is 0 Å². The van der Waals surface area contributed by atoms with Gasteiger partial charge in [0.2, 0.25) is 10.0 Å². The highest BCUT2D eigenvalue weighted by Crippen LogP contribution is 2.34. The van der Waals surface area contributed by atoms with Gasteiger partial charge in [0.15, 0.2) is 4.90 Å². The fourth-order valence-corrected chi connectivity index (χ4v) is 3.75. The summed E-state index contributed by atoms with van der Waals surface area (Å²) in [6.07, 6.45) is 1.44. The van der Waals surface area contributed by atoms with Crippen molar-refractivity contribution in [3.05, 3.63) is 34.4 Å². The number of aliphatic hydroxyl groups is 1. The molecular formula is C11H14N2O5S. The van der Waals surface area contributed by atoms with Gasteiger partial charge in [0.25, 0.3) is 5.69 Å². The van der Waals surface area contributed by atoms with Crippen LogP contribution in [0.15, 0.2) is 29.2 Å². The van der Waals surface area contributed by atoms with Crippen molar-refractivity contribution >= 4 is 15.7 Å². The first-order valence-electron chi connectivity index (χ1n) is 5.84. The SMILES string of the molecule is O=[N+]([O-])c1ccccc1S(=O)(=O)N(CCO)C1CC1. The Hall–Kier alpha value is -1.51. The van der Waals surface area contributed by atoms with E-state index in [9.17, 15) is 18.5 Å². The molecule has 2 rings (SSSR count). The number of nitro benzene ring substituents is 1. The summed E-state index contributed by atoms with van der Waals surface area (Å²) in [5.74, 6) is 0. The Morgan fingerprint density at radius 3 is 2.53 bits per heavy atom. The third-order valence-corrected chi connectivity index (χ3v) is 4.92. The molecule has 0 heterocycles. The van der Waals surface area contributed by atoms with Crippen LogP contribution >= 0.6 is 0 Å².